The Morgan fingerprint density at radius 2 is 2.17 bits per heavy atom. The molecule has 0 aliphatic carbocycles. The number of nitrogens with zero attached hydrogens (tertiary/aromatic N) is 4. The summed E-state index contributed by atoms with van der Waals surface area (Å²) >= 11 is 5.78. The van der Waals surface area contributed by atoms with Gasteiger partial charge in [-0.3, -0.25) is 4.79 Å². The first-order valence-corrected chi connectivity index (χ1v) is 5.03. The maximum absolute atomic E-state index is 11.1. The quantitative estimate of drug-likeness (QED) is 0.759. The molecule has 0 aliphatic rings. The van der Waals surface area contributed by atoms with Crippen molar-refractivity contribution < 1.29 is 14.7 Å². The molecule has 9 heteroatoms. The standard InChI is InChI=1S/C9H6ClN5O3/c10-5-1-2-7(15-4-11-13-14-15)6(3-5)12-8(16)9(17)18/h1-4H,(H,12,16)(H,17,18). The van der Waals surface area contributed by atoms with Gasteiger partial charge in [-0.25, -0.2) is 4.79 Å². The average molecular weight is 268 g/mol. The molecule has 2 N–H and O–H groups in total. The number of anilines is 1. The monoisotopic (exact) mass is 267 g/mol. The van der Waals surface area contributed by atoms with E-state index in [2.05, 4.69) is 20.8 Å². The highest BCUT2D eigenvalue weighted by Gasteiger charge is 2.15. The van der Waals surface area contributed by atoms with Crippen molar-refractivity contribution in [3.63, 3.8) is 0 Å². The normalized spacial score (nSPS) is 10.1. The number of aromatic nitrogens is 4. The molecule has 0 bridgehead atoms. The first-order valence-electron chi connectivity index (χ1n) is 4.65. The summed E-state index contributed by atoms with van der Waals surface area (Å²) in [6, 6.07) is 4.52. The summed E-state index contributed by atoms with van der Waals surface area (Å²) in [5, 5.41) is 21.6. The second-order valence-corrected chi connectivity index (χ2v) is 3.61. The van der Waals surface area contributed by atoms with Crippen LogP contribution in [0.1, 0.15) is 0 Å². The number of halogens is 1. The topological polar surface area (TPSA) is 110 Å². The third-order valence-electron chi connectivity index (χ3n) is 2.00. The number of carbonyl (C=O) groups is 2. The van der Waals surface area contributed by atoms with Crippen LogP contribution in [0.3, 0.4) is 0 Å². The van der Waals surface area contributed by atoms with Crippen LogP contribution < -0.4 is 5.32 Å². The molecular weight excluding hydrogens is 262 g/mol. The molecule has 0 aliphatic heterocycles. The van der Waals surface area contributed by atoms with Crippen molar-refractivity contribution in [2.75, 3.05) is 5.32 Å². The Labute approximate surface area is 105 Å². The SMILES string of the molecule is O=C(O)C(=O)Nc1cc(Cl)ccc1-n1cnnn1. The van der Waals surface area contributed by atoms with E-state index < -0.39 is 11.9 Å². The molecule has 1 aromatic heterocycles. The summed E-state index contributed by atoms with van der Waals surface area (Å²) in [5.41, 5.74) is 0.598. The first kappa shape index (κ1) is 12.0. The molecule has 1 heterocycles. The van der Waals surface area contributed by atoms with Crippen molar-refractivity contribution in [2.24, 2.45) is 0 Å². The smallest absolute Gasteiger partial charge is 0.394 e. The highest BCUT2D eigenvalue weighted by atomic mass is 35.5. The van der Waals surface area contributed by atoms with Gasteiger partial charge in [0.1, 0.15) is 6.33 Å². The lowest BCUT2D eigenvalue weighted by Crippen LogP contribution is -2.22. The van der Waals surface area contributed by atoms with Crippen LogP contribution in [0.4, 0.5) is 5.69 Å². The molecule has 0 atom stereocenters. The van der Waals surface area contributed by atoms with Crippen LogP contribution in [0.15, 0.2) is 24.5 Å². The van der Waals surface area contributed by atoms with Gasteiger partial charge in [-0.15, -0.1) is 5.10 Å². The molecule has 0 saturated heterocycles. The number of carboxylic acid groups (broad SMARTS) is 1. The lowest BCUT2D eigenvalue weighted by molar-refractivity contribution is -0.147. The number of hydrogen-bond acceptors (Lipinski definition) is 5. The van der Waals surface area contributed by atoms with Gasteiger partial charge in [0.25, 0.3) is 0 Å². The highest BCUT2D eigenvalue weighted by molar-refractivity contribution is 6.37. The van der Waals surface area contributed by atoms with Crippen molar-refractivity contribution >= 4 is 29.2 Å². The lowest BCUT2D eigenvalue weighted by Gasteiger charge is -2.08. The van der Waals surface area contributed by atoms with E-state index in [0.29, 0.717) is 10.7 Å². The summed E-state index contributed by atoms with van der Waals surface area (Å²) in [4.78, 5) is 21.6. The molecule has 0 spiro atoms. The molecule has 0 radical (unpaired) electrons. The fourth-order valence-electron chi connectivity index (χ4n) is 1.26. The van der Waals surface area contributed by atoms with E-state index in [9.17, 15) is 9.59 Å². The molecule has 0 saturated carbocycles. The van der Waals surface area contributed by atoms with Gasteiger partial charge in [0.2, 0.25) is 0 Å². The molecule has 0 unspecified atom stereocenters. The minimum atomic E-state index is -1.60. The Bertz CT molecular complexity index is 598. The summed E-state index contributed by atoms with van der Waals surface area (Å²) in [5.74, 6) is -2.77. The van der Waals surface area contributed by atoms with Gasteiger partial charge in [0.05, 0.1) is 11.4 Å². The first-order chi connectivity index (χ1) is 8.58. The number of carbonyl (C=O) groups excluding carboxylic acids is 1. The second kappa shape index (κ2) is 4.80. The number of carboxylic acids is 1. The number of rotatable bonds is 2. The Balaban J connectivity index is 2.42. The van der Waals surface area contributed by atoms with Gasteiger partial charge in [-0.05, 0) is 28.6 Å². The van der Waals surface area contributed by atoms with E-state index in [4.69, 9.17) is 16.7 Å². The van der Waals surface area contributed by atoms with Crippen molar-refractivity contribution in [1.82, 2.24) is 20.2 Å². The summed E-state index contributed by atoms with van der Waals surface area (Å²) in [7, 11) is 0. The Morgan fingerprint density at radius 3 is 2.78 bits per heavy atom. The van der Waals surface area contributed by atoms with Gasteiger partial charge in [0.15, 0.2) is 0 Å². The molecular formula is C9H6ClN5O3. The fourth-order valence-corrected chi connectivity index (χ4v) is 1.43. The zero-order valence-corrected chi connectivity index (χ0v) is 9.50. The zero-order chi connectivity index (χ0) is 13.1. The molecule has 0 fully saturated rings. The van der Waals surface area contributed by atoms with E-state index in [1.165, 1.54) is 17.1 Å². The van der Waals surface area contributed by atoms with Crippen molar-refractivity contribution in [3.8, 4) is 5.69 Å². The van der Waals surface area contributed by atoms with Crippen molar-refractivity contribution in [1.29, 1.82) is 0 Å². The van der Waals surface area contributed by atoms with Gasteiger partial charge in [-0.2, -0.15) is 4.68 Å². The van der Waals surface area contributed by atoms with Crippen LogP contribution in [0.5, 0.6) is 0 Å². The van der Waals surface area contributed by atoms with Gasteiger partial charge < -0.3 is 10.4 Å². The second-order valence-electron chi connectivity index (χ2n) is 3.18. The number of hydrogen-bond donors (Lipinski definition) is 2. The van der Waals surface area contributed by atoms with Crippen molar-refractivity contribution in [2.45, 2.75) is 0 Å². The number of amides is 1. The molecule has 2 rings (SSSR count). The minimum Gasteiger partial charge on any atom is -0.474 e. The van der Waals surface area contributed by atoms with Gasteiger partial charge in [-0.1, -0.05) is 11.6 Å². The highest BCUT2D eigenvalue weighted by Crippen LogP contribution is 2.23. The van der Waals surface area contributed by atoms with Crippen LogP contribution in [0.2, 0.25) is 5.02 Å². The fraction of sp³-hybridized carbons (Fsp3) is 0. The van der Waals surface area contributed by atoms with E-state index in [-0.39, 0.29) is 5.69 Å². The Morgan fingerprint density at radius 1 is 1.39 bits per heavy atom. The third-order valence-corrected chi connectivity index (χ3v) is 2.23. The van der Waals surface area contributed by atoms with Gasteiger partial charge in [0, 0.05) is 5.02 Å². The lowest BCUT2D eigenvalue weighted by atomic mass is 10.2. The molecule has 18 heavy (non-hydrogen) atoms. The summed E-state index contributed by atoms with van der Waals surface area (Å²) in [6.07, 6.45) is 1.31. The maximum Gasteiger partial charge on any atom is 0.394 e. The predicted molar refractivity (Wildman–Crippen MR) is 60.4 cm³/mol. The van der Waals surface area contributed by atoms with Crippen LogP contribution in [0, 0.1) is 0 Å². The number of benzene rings is 1. The summed E-state index contributed by atoms with van der Waals surface area (Å²) < 4.78 is 1.27. The minimum absolute atomic E-state index is 0.196. The molecule has 8 nitrogen and oxygen atoms in total. The number of tetrazole rings is 1. The van der Waals surface area contributed by atoms with E-state index in [0.717, 1.165) is 0 Å². The van der Waals surface area contributed by atoms with Crippen LogP contribution >= 0.6 is 11.6 Å². The third kappa shape index (κ3) is 2.43. The Kier molecular flexibility index (Phi) is 3.20. The summed E-state index contributed by atoms with van der Waals surface area (Å²) in [6.45, 7) is 0. The predicted octanol–water partition coefficient (Wildman–Crippen LogP) is 0.339. The molecule has 92 valence electrons. The van der Waals surface area contributed by atoms with E-state index in [1.54, 1.807) is 12.1 Å². The van der Waals surface area contributed by atoms with Gasteiger partial charge >= 0.3 is 11.9 Å². The van der Waals surface area contributed by atoms with Crippen LogP contribution in [0.25, 0.3) is 5.69 Å². The van der Waals surface area contributed by atoms with Crippen molar-refractivity contribution in [3.05, 3.63) is 29.5 Å². The van der Waals surface area contributed by atoms with E-state index >= 15 is 0 Å². The van der Waals surface area contributed by atoms with E-state index in [1.807, 2.05) is 0 Å². The Hall–Kier alpha value is -2.48. The largest absolute Gasteiger partial charge is 0.474 e. The zero-order valence-electron chi connectivity index (χ0n) is 8.74. The average Bonchev–Trinajstić information content (AvgIpc) is 2.82. The number of aliphatic carboxylic acids is 1. The molecule has 2 aromatic rings. The number of nitrogens with one attached hydrogen (secondary N) is 1. The van der Waals surface area contributed by atoms with Crippen LogP contribution in [-0.2, 0) is 9.59 Å². The van der Waals surface area contributed by atoms with Crippen LogP contribution in [-0.4, -0.2) is 37.2 Å². The molecule has 1 aromatic carbocycles. The maximum atomic E-state index is 11.1. The molecule has 1 amide bonds.